The highest BCUT2D eigenvalue weighted by Gasteiger charge is 2.05. The number of hydrogen-bond acceptors (Lipinski definition) is 5. The van der Waals surface area contributed by atoms with Crippen LogP contribution in [0.15, 0.2) is 23.2 Å². The Morgan fingerprint density at radius 2 is 1.85 bits per heavy atom. The Kier molecular flexibility index (Phi) is 16.1. The number of aliphatic imine (C=N–C) groups is 1. The number of halogens is 1. The van der Waals surface area contributed by atoms with Crippen LogP contribution in [0.3, 0.4) is 0 Å². The fourth-order valence-corrected chi connectivity index (χ4v) is 2.22. The van der Waals surface area contributed by atoms with Gasteiger partial charge in [0.15, 0.2) is 17.5 Å². The molecule has 2 N–H and O–H groups in total. The van der Waals surface area contributed by atoms with Crippen LogP contribution in [0.5, 0.6) is 11.5 Å². The van der Waals surface area contributed by atoms with E-state index in [1.54, 1.807) is 14.2 Å². The van der Waals surface area contributed by atoms with Crippen molar-refractivity contribution in [3.05, 3.63) is 23.8 Å². The molecule has 0 aliphatic rings. The minimum Gasteiger partial charge on any atom is -0.493 e. The number of nitrogens with zero attached hydrogens (tertiary/aromatic N) is 1. The van der Waals surface area contributed by atoms with Crippen LogP contribution in [0.25, 0.3) is 0 Å². The Balaban J connectivity index is 0.00000676. The van der Waals surface area contributed by atoms with Crippen LogP contribution < -0.4 is 20.1 Å². The topological polar surface area (TPSA) is 73.3 Å². The van der Waals surface area contributed by atoms with Crippen molar-refractivity contribution in [1.82, 2.24) is 10.6 Å². The van der Waals surface area contributed by atoms with Crippen LogP contribution in [0.2, 0.25) is 0 Å². The molecule has 0 saturated heterocycles. The Morgan fingerprint density at radius 1 is 1.04 bits per heavy atom. The lowest BCUT2D eigenvalue weighted by molar-refractivity contribution is 0.0698. The smallest absolute Gasteiger partial charge is 0.191 e. The first-order valence-electron chi connectivity index (χ1n) is 9.13. The summed E-state index contributed by atoms with van der Waals surface area (Å²) in [5, 5.41) is 6.56. The lowest BCUT2D eigenvalue weighted by Gasteiger charge is -2.12. The number of guanidine groups is 1. The molecule has 0 spiro atoms. The average Bonchev–Trinajstić information content (AvgIpc) is 2.66. The lowest BCUT2D eigenvalue weighted by Crippen LogP contribution is -2.38. The summed E-state index contributed by atoms with van der Waals surface area (Å²) >= 11 is 0. The van der Waals surface area contributed by atoms with Crippen molar-refractivity contribution >= 4 is 29.9 Å². The second kappa shape index (κ2) is 16.9. The summed E-state index contributed by atoms with van der Waals surface area (Å²) in [6.45, 7) is 8.73. The minimum atomic E-state index is 0. The van der Waals surface area contributed by atoms with Crippen LogP contribution in [0.1, 0.15) is 25.8 Å². The van der Waals surface area contributed by atoms with Crippen LogP contribution in [0, 0.1) is 0 Å². The number of ether oxygens (including phenoxy) is 4. The molecule has 0 saturated carbocycles. The monoisotopic (exact) mass is 495 g/mol. The minimum absolute atomic E-state index is 0. The Labute approximate surface area is 180 Å². The van der Waals surface area contributed by atoms with E-state index >= 15 is 0 Å². The second-order valence-electron chi connectivity index (χ2n) is 5.50. The highest BCUT2D eigenvalue weighted by atomic mass is 127. The molecule has 0 radical (unpaired) electrons. The molecule has 156 valence electrons. The van der Waals surface area contributed by atoms with Gasteiger partial charge in [-0.3, -0.25) is 0 Å². The quantitative estimate of drug-likeness (QED) is 0.190. The fraction of sp³-hybridized carbons (Fsp3) is 0.632. The average molecular weight is 495 g/mol. The second-order valence-corrected chi connectivity index (χ2v) is 5.50. The van der Waals surface area contributed by atoms with Crippen molar-refractivity contribution in [3.8, 4) is 11.5 Å². The largest absolute Gasteiger partial charge is 0.493 e. The predicted molar refractivity (Wildman–Crippen MR) is 120 cm³/mol. The molecule has 0 heterocycles. The molecular weight excluding hydrogens is 461 g/mol. The fourth-order valence-electron chi connectivity index (χ4n) is 2.22. The Bertz CT molecular complexity index is 530. The van der Waals surface area contributed by atoms with Gasteiger partial charge < -0.3 is 29.6 Å². The Morgan fingerprint density at radius 3 is 2.52 bits per heavy atom. The van der Waals surface area contributed by atoms with Gasteiger partial charge in [0.2, 0.25) is 0 Å². The standard InChI is InChI=1S/C19H33N3O4.HI/c1-5-20-19(21-10-7-11-25-13-12-23-3)22-15-16-8-9-17(26-6-2)18(14-16)24-4;/h8-9,14H,5-7,10-13,15H2,1-4H3,(H2,20,21,22);1H. The van der Waals surface area contributed by atoms with Crippen LogP contribution in [0.4, 0.5) is 0 Å². The maximum atomic E-state index is 5.54. The van der Waals surface area contributed by atoms with Crippen molar-refractivity contribution in [2.75, 3.05) is 53.7 Å². The molecule has 0 aliphatic heterocycles. The van der Waals surface area contributed by atoms with Gasteiger partial charge in [-0.15, -0.1) is 24.0 Å². The highest BCUT2D eigenvalue weighted by Crippen LogP contribution is 2.28. The summed E-state index contributed by atoms with van der Waals surface area (Å²) in [6.07, 6.45) is 0.908. The van der Waals surface area contributed by atoms with E-state index in [9.17, 15) is 0 Å². The summed E-state index contributed by atoms with van der Waals surface area (Å²) in [7, 11) is 3.31. The van der Waals surface area contributed by atoms with Crippen LogP contribution in [-0.2, 0) is 16.0 Å². The Hall–Kier alpha value is -1.26. The molecule has 0 atom stereocenters. The zero-order valence-corrected chi connectivity index (χ0v) is 19.2. The van der Waals surface area contributed by atoms with Crippen molar-refractivity contribution in [1.29, 1.82) is 0 Å². The number of hydrogen-bond donors (Lipinski definition) is 2. The molecule has 1 rings (SSSR count). The number of methoxy groups -OCH3 is 2. The summed E-state index contributed by atoms with van der Waals surface area (Å²) < 4.78 is 21.3. The van der Waals surface area contributed by atoms with Gasteiger partial charge in [-0.2, -0.15) is 0 Å². The maximum absolute atomic E-state index is 5.54. The van der Waals surface area contributed by atoms with Crippen molar-refractivity contribution in [2.24, 2.45) is 4.99 Å². The first kappa shape index (κ1) is 25.7. The molecule has 0 fully saturated rings. The third kappa shape index (κ3) is 11.2. The van der Waals surface area contributed by atoms with E-state index in [0.29, 0.717) is 33.0 Å². The molecule has 8 heteroatoms. The number of rotatable bonds is 13. The molecule has 0 bridgehead atoms. The van der Waals surface area contributed by atoms with Crippen molar-refractivity contribution in [3.63, 3.8) is 0 Å². The van der Waals surface area contributed by atoms with Crippen molar-refractivity contribution in [2.45, 2.75) is 26.8 Å². The van der Waals surface area contributed by atoms with E-state index in [0.717, 1.165) is 42.5 Å². The summed E-state index contributed by atoms with van der Waals surface area (Å²) in [5.41, 5.74) is 1.06. The van der Waals surface area contributed by atoms with Crippen LogP contribution in [-0.4, -0.2) is 59.7 Å². The van der Waals surface area contributed by atoms with Gasteiger partial charge in [0.05, 0.1) is 33.5 Å². The molecule has 27 heavy (non-hydrogen) atoms. The van der Waals surface area contributed by atoms with Gasteiger partial charge in [-0.25, -0.2) is 4.99 Å². The van der Waals surface area contributed by atoms with E-state index in [-0.39, 0.29) is 24.0 Å². The van der Waals surface area contributed by atoms with E-state index < -0.39 is 0 Å². The molecule has 1 aromatic carbocycles. The molecule has 1 aromatic rings. The molecular formula is C19H34IN3O4. The summed E-state index contributed by atoms with van der Waals surface area (Å²) in [5.74, 6) is 2.27. The number of nitrogens with one attached hydrogen (secondary N) is 2. The highest BCUT2D eigenvalue weighted by molar-refractivity contribution is 14.0. The molecule has 0 unspecified atom stereocenters. The lowest BCUT2D eigenvalue weighted by atomic mass is 10.2. The molecule has 0 amide bonds. The number of benzene rings is 1. The first-order valence-corrected chi connectivity index (χ1v) is 9.13. The SMILES string of the molecule is CCNC(=NCc1ccc(OCC)c(OC)c1)NCCCOCCOC.I. The zero-order chi connectivity index (χ0) is 19.0. The van der Waals surface area contributed by atoms with E-state index in [2.05, 4.69) is 15.6 Å². The third-order valence-electron chi connectivity index (χ3n) is 3.48. The maximum Gasteiger partial charge on any atom is 0.191 e. The van der Waals surface area contributed by atoms with Gasteiger partial charge in [0, 0.05) is 26.8 Å². The van der Waals surface area contributed by atoms with E-state index in [4.69, 9.17) is 18.9 Å². The van der Waals surface area contributed by atoms with Gasteiger partial charge in [0.1, 0.15) is 0 Å². The normalized spacial score (nSPS) is 10.9. The summed E-state index contributed by atoms with van der Waals surface area (Å²) in [4.78, 5) is 4.62. The van der Waals surface area contributed by atoms with Crippen molar-refractivity contribution < 1.29 is 18.9 Å². The van der Waals surface area contributed by atoms with Gasteiger partial charge in [-0.05, 0) is 38.0 Å². The van der Waals surface area contributed by atoms with Gasteiger partial charge in [-0.1, -0.05) is 6.07 Å². The predicted octanol–water partition coefficient (Wildman–Crippen LogP) is 2.82. The van der Waals surface area contributed by atoms with Gasteiger partial charge >= 0.3 is 0 Å². The first-order chi connectivity index (χ1) is 12.7. The van der Waals surface area contributed by atoms with Gasteiger partial charge in [0.25, 0.3) is 0 Å². The van der Waals surface area contributed by atoms with E-state index in [1.807, 2.05) is 32.0 Å². The summed E-state index contributed by atoms with van der Waals surface area (Å²) in [6, 6.07) is 5.89. The molecule has 0 aliphatic carbocycles. The van der Waals surface area contributed by atoms with E-state index in [1.165, 1.54) is 0 Å². The molecule has 0 aromatic heterocycles. The zero-order valence-electron chi connectivity index (χ0n) is 16.9. The van der Waals surface area contributed by atoms with Crippen LogP contribution >= 0.6 is 24.0 Å². The third-order valence-corrected chi connectivity index (χ3v) is 3.48. The molecule has 7 nitrogen and oxygen atoms in total.